The summed E-state index contributed by atoms with van der Waals surface area (Å²) in [4.78, 5) is 2.61. The van der Waals surface area contributed by atoms with Gasteiger partial charge in [0.1, 0.15) is 0 Å². The Morgan fingerprint density at radius 1 is 1.11 bits per heavy atom. The number of methoxy groups -OCH3 is 1. The van der Waals surface area contributed by atoms with Crippen molar-refractivity contribution in [3.8, 4) is 0 Å². The van der Waals surface area contributed by atoms with E-state index >= 15 is 0 Å². The summed E-state index contributed by atoms with van der Waals surface area (Å²) in [6, 6.07) is 1.30. The van der Waals surface area contributed by atoms with Crippen molar-refractivity contribution in [3.63, 3.8) is 0 Å². The molecule has 0 heterocycles. The minimum atomic E-state index is 0.514. The Balaban J connectivity index is 2.48. The summed E-state index contributed by atoms with van der Waals surface area (Å²) in [6.07, 6.45) is 2.71. The van der Waals surface area contributed by atoms with Crippen molar-refractivity contribution < 1.29 is 4.74 Å². The summed E-state index contributed by atoms with van der Waals surface area (Å²) in [7, 11) is 1.81. The molecule has 1 atom stereocenters. The van der Waals surface area contributed by atoms with Gasteiger partial charge >= 0.3 is 0 Å². The minimum absolute atomic E-state index is 0.514. The lowest BCUT2D eigenvalue weighted by molar-refractivity contribution is 0.0733. The molecule has 0 aromatic carbocycles. The number of hydrogen-bond acceptors (Lipinski definition) is 3. The first-order chi connectivity index (χ1) is 8.52. The maximum atomic E-state index is 5.42. The van der Waals surface area contributed by atoms with Gasteiger partial charge in [0, 0.05) is 38.8 Å². The molecule has 0 radical (unpaired) electrons. The molecule has 1 unspecified atom stereocenters. The summed E-state index contributed by atoms with van der Waals surface area (Å²) in [6.45, 7) is 13.4. The maximum absolute atomic E-state index is 5.42. The fourth-order valence-electron chi connectivity index (χ4n) is 2.39. The molecule has 1 N–H and O–H groups in total. The second-order valence-electron chi connectivity index (χ2n) is 6.53. The Labute approximate surface area is 113 Å². The van der Waals surface area contributed by atoms with Crippen LogP contribution in [0, 0.1) is 11.8 Å². The fourth-order valence-corrected chi connectivity index (χ4v) is 2.39. The second kappa shape index (κ2) is 8.13. The Bertz CT molecular complexity index is 205. The summed E-state index contributed by atoms with van der Waals surface area (Å²) < 4.78 is 5.42. The molecule has 0 bridgehead atoms. The predicted octanol–water partition coefficient (Wildman–Crippen LogP) is 2.37. The average molecular weight is 256 g/mol. The lowest BCUT2D eigenvalue weighted by atomic mass is 10.1. The molecule has 0 amide bonds. The topological polar surface area (TPSA) is 24.5 Å². The Morgan fingerprint density at radius 3 is 2.06 bits per heavy atom. The third-order valence-corrected chi connectivity index (χ3v) is 3.29. The van der Waals surface area contributed by atoms with Gasteiger partial charge < -0.3 is 10.1 Å². The number of rotatable bonds is 10. The second-order valence-corrected chi connectivity index (χ2v) is 6.53. The van der Waals surface area contributed by atoms with Crippen molar-refractivity contribution in [1.29, 1.82) is 0 Å². The van der Waals surface area contributed by atoms with Crippen molar-refractivity contribution in [2.45, 2.75) is 52.6 Å². The maximum Gasteiger partial charge on any atom is 0.0630 e. The zero-order valence-corrected chi connectivity index (χ0v) is 12.9. The van der Waals surface area contributed by atoms with E-state index in [1.165, 1.54) is 25.9 Å². The lowest BCUT2D eigenvalue weighted by Gasteiger charge is -2.34. The third kappa shape index (κ3) is 6.72. The lowest BCUT2D eigenvalue weighted by Crippen LogP contribution is -2.48. The molecule has 1 fully saturated rings. The van der Waals surface area contributed by atoms with Gasteiger partial charge in [0.25, 0.3) is 0 Å². The molecule has 3 heteroatoms. The van der Waals surface area contributed by atoms with Crippen LogP contribution in [0.1, 0.15) is 40.5 Å². The molecule has 1 aliphatic carbocycles. The third-order valence-electron chi connectivity index (χ3n) is 3.29. The predicted molar refractivity (Wildman–Crippen MR) is 77.9 cm³/mol. The van der Waals surface area contributed by atoms with Gasteiger partial charge in [-0.2, -0.15) is 0 Å². The van der Waals surface area contributed by atoms with Crippen LogP contribution in [0.4, 0.5) is 0 Å². The standard InChI is InChI=1S/C15H32N2O/c1-12(2)9-17(10-13(3)4)15(11-18-5)8-16-14-6-7-14/h12-16H,6-11H2,1-5H3. The zero-order chi connectivity index (χ0) is 13.5. The molecule has 1 saturated carbocycles. The molecule has 0 aromatic heterocycles. The smallest absolute Gasteiger partial charge is 0.0630 e. The molecule has 0 spiro atoms. The molecule has 0 aromatic rings. The monoisotopic (exact) mass is 256 g/mol. The Hall–Kier alpha value is -0.120. The van der Waals surface area contributed by atoms with E-state index in [9.17, 15) is 0 Å². The summed E-state index contributed by atoms with van der Waals surface area (Å²) in [5.41, 5.74) is 0. The molecule has 1 aliphatic rings. The average Bonchev–Trinajstić information content (AvgIpc) is 3.05. The Morgan fingerprint density at radius 2 is 1.67 bits per heavy atom. The summed E-state index contributed by atoms with van der Waals surface area (Å²) in [5.74, 6) is 1.42. The van der Waals surface area contributed by atoms with E-state index in [0.29, 0.717) is 17.9 Å². The van der Waals surface area contributed by atoms with Crippen LogP contribution in [0.2, 0.25) is 0 Å². The van der Waals surface area contributed by atoms with Gasteiger partial charge in [-0.15, -0.1) is 0 Å². The molecule has 18 heavy (non-hydrogen) atoms. The van der Waals surface area contributed by atoms with Crippen molar-refractivity contribution in [2.75, 3.05) is 33.4 Å². The highest BCUT2D eigenvalue weighted by molar-refractivity contribution is 4.84. The van der Waals surface area contributed by atoms with Crippen molar-refractivity contribution in [2.24, 2.45) is 11.8 Å². The molecule has 0 aliphatic heterocycles. The van der Waals surface area contributed by atoms with E-state index in [0.717, 1.165) is 19.2 Å². The van der Waals surface area contributed by atoms with Crippen LogP contribution in [0.25, 0.3) is 0 Å². The molecule has 0 saturated heterocycles. The van der Waals surface area contributed by atoms with E-state index in [-0.39, 0.29) is 0 Å². The van der Waals surface area contributed by atoms with E-state index in [1.807, 2.05) is 7.11 Å². The quantitative estimate of drug-likeness (QED) is 0.649. The fraction of sp³-hybridized carbons (Fsp3) is 1.00. The van der Waals surface area contributed by atoms with Gasteiger partial charge in [-0.3, -0.25) is 4.90 Å². The van der Waals surface area contributed by atoms with E-state index in [4.69, 9.17) is 4.74 Å². The number of ether oxygens (including phenoxy) is 1. The van der Waals surface area contributed by atoms with Crippen molar-refractivity contribution in [3.05, 3.63) is 0 Å². The first-order valence-electron chi connectivity index (χ1n) is 7.49. The molecule has 3 nitrogen and oxygen atoms in total. The van der Waals surface area contributed by atoms with Gasteiger partial charge in [-0.25, -0.2) is 0 Å². The van der Waals surface area contributed by atoms with Gasteiger partial charge in [0.05, 0.1) is 6.61 Å². The zero-order valence-electron chi connectivity index (χ0n) is 12.9. The van der Waals surface area contributed by atoms with Crippen LogP contribution in [-0.2, 0) is 4.74 Å². The van der Waals surface area contributed by atoms with Crippen LogP contribution >= 0.6 is 0 Å². The van der Waals surface area contributed by atoms with Crippen LogP contribution in [0.5, 0.6) is 0 Å². The first kappa shape index (κ1) is 15.9. The first-order valence-corrected chi connectivity index (χ1v) is 7.49. The van der Waals surface area contributed by atoms with Gasteiger partial charge in [0.15, 0.2) is 0 Å². The van der Waals surface area contributed by atoms with E-state index < -0.39 is 0 Å². The van der Waals surface area contributed by atoms with Gasteiger partial charge in [-0.1, -0.05) is 27.7 Å². The highest BCUT2D eigenvalue weighted by Gasteiger charge is 2.25. The van der Waals surface area contributed by atoms with Crippen LogP contribution in [0.3, 0.4) is 0 Å². The molecule has 1 rings (SSSR count). The van der Waals surface area contributed by atoms with E-state index in [2.05, 4.69) is 37.9 Å². The largest absolute Gasteiger partial charge is 0.383 e. The van der Waals surface area contributed by atoms with E-state index in [1.54, 1.807) is 0 Å². The Kier molecular flexibility index (Phi) is 7.20. The highest BCUT2D eigenvalue weighted by Crippen LogP contribution is 2.19. The van der Waals surface area contributed by atoms with Gasteiger partial charge in [0.2, 0.25) is 0 Å². The van der Waals surface area contributed by atoms with Crippen molar-refractivity contribution >= 4 is 0 Å². The summed E-state index contributed by atoms with van der Waals surface area (Å²) in [5, 5.41) is 3.65. The molecular formula is C15H32N2O. The van der Waals surface area contributed by atoms with Crippen LogP contribution < -0.4 is 5.32 Å². The number of nitrogens with zero attached hydrogens (tertiary/aromatic N) is 1. The molecular weight excluding hydrogens is 224 g/mol. The minimum Gasteiger partial charge on any atom is -0.383 e. The van der Waals surface area contributed by atoms with Gasteiger partial charge in [-0.05, 0) is 24.7 Å². The number of nitrogens with one attached hydrogen (secondary N) is 1. The van der Waals surface area contributed by atoms with Crippen LogP contribution in [0.15, 0.2) is 0 Å². The molecule has 108 valence electrons. The SMILES string of the molecule is COCC(CNC1CC1)N(CC(C)C)CC(C)C. The van der Waals surface area contributed by atoms with Crippen molar-refractivity contribution in [1.82, 2.24) is 10.2 Å². The summed E-state index contributed by atoms with van der Waals surface area (Å²) >= 11 is 0. The highest BCUT2D eigenvalue weighted by atomic mass is 16.5. The number of hydrogen-bond donors (Lipinski definition) is 1. The normalized spacial score (nSPS) is 18.0. The van der Waals surface area contributed by atoms with Crippen LogP contribution in [-0.4, -0.2) is 50.3 Å².